The van der Waals surface area contributed by atoms with Gasteiger partial charge in [-0.15, -0.1) is 0 Å². The molecule has 0 saturated carbocycles. The molecule has 2 N–H and O–H groups in total. The van der Waals surface area contributed by atoms with Gasteiger partial charge in [-0.2, -0.15) is 0 Å². The number of aromatic nitrogens is 2. The fraction of sp³-hybridized carbons (Fsp3) is 0.700. The van der Waals surface area contributed by atoms with Crippen LogP contribution in [0.5, 0.6) is 0 Å². The summed E-state index contributed by atoms with van der Waals surface area (Å²) < 4.78 is 7.58. The second-order valence-electron chi connectivity index (χ2n) is 3.27. The van der Waals surface area contributed by atoms with E-state index in [1.54, 1.807) is 0 Å². The van der Waals surface area contributed by atoms with Crippen molar-refractivity contribution in [1.82, 2.24) is 9.55 Å². The molecule has 0 radical (unpaired) electrons. The summed E-state index contributed by atoms with van der Waals surface area (Å²) in [5.74, 6) is 1.04. The van der Waals surface area contributed by atoms with Crippen LogP contribution < -0.4 is 5.73 Å². The van der Waals surface area contributed by atoms with Gasteiger partial charge in [0.05, 0.1) is 6.10 Å². The van der Waals surface area contributed by atoms with E-state index in [1.165, 1.54) is 0 Å². The molecule has 1 atom stereocenters. The molecule has 80 valence electrons. The standard InChI is InChI=1S/C10H19N3O/c1-3-14-10(8-11)4-6-13-7-5-12-9(13)2/h5,7,10H,3-4,6,8,11H2,1-2H3. The molecule has 14 heavy (non-hydrogen) atoms. The van der Waals surface area contributed by atoms with Crippen LogP contribution >= 0.6 is 0 Å². The highest BCUT2D eigenvalue weighted by atomic mass is 16.5. The maximum absolute atomic E-state index is 5.59. The van der Waals surface area contributed by atoms with Crippen molar-refractivity contribution in [2.75, 3.05) is 13.2 Å². The van der Waals surface area contributed by atoms with Gasteiger partial charge in [-0.05, 0) is 20.3 Å². The van der Waals surface area contributed by atoms with Gasteiger partial charge >= 0.3 is 0 Å². The fourth-order valence-corrected chi connectivity index (χ4v) is 1.43. The summed E-state index contributed by atoms with van der Waals surface area (Å²) in [5.41, 5.74) is 5.59. The summed E-state index contributed by atoms with van der Waals surface area (Å²) in [6.07, 6.45) is 4.91. The van der Waals surface area contributed by atoms with Gasteiger partial charge in [0.2, 0.25) is 0 Å². The summed E-state index contributed by atoms with van der Waals surface area (Å²) >= 11 is 0. The number of nitrogens with two attached hydrogens (primary N) is 1. The average Bonchev–Trinajstić information content (AvgIpc) is 2.59. The molecule has 4 nitrogen and oxygen atoms in total. The van der Waals surface area contributed by atoms with Crippen molar-refractivity contribution in [1.29, 1.82) is 0 Å². The average molecular weight is 197 g/mol. The molecule has 0 spiro atoms. The Bertz CT molecular complexity index is 260. The van der Waals surface area contributed by atoms with E-state index in [0.717, 1.165) is 25.4 Å². The van der Waals surface area contributed by atoms with Crippen LogP contribution in [0, 0.1) is 6.92 Å². The number of rotatable bonds is 6. The Hall–Kier alpha value is -0.870. The van der Waals surface area contributed by atoms with E-state index < -0.39 is 0 Å². The van der Waals surface area contributed by atoms with E-state index in [0.29, 0.717) is 6.54 Å². The molecule has 1 aromatic heterocycles. The van der Waals surface area contributed by atoms with Crippen molar-refractivity contribution in [3.8, 4) is 0 Å². The molecule has 1 unspecified atom stereocenters. The summed E-state index contributed by atoms with van der Waals surface area (Å²) in [5, 5.41) is 0. The number of aryl methyl sites for hydroxylation is 2. The van der Waals surface area contributed by atoms with Gasteiger partial charge in [0, 0.05) is 32.1 Å². The molecule has 0 aliphatic carbocycles. The summed E-state index contributed by atoms with van der Waals surface area (Å²) in [4.78, 5) is 4.16. The number of hydrogen-bond acceptors (Lipinski definition) is 3. The number of imidazole rings is 1. The Balaban J connectivity index is 2.35. The molecule has 0 aliphatic heterocycles. The van der Waals surface area contributed by atoms with Gasteiger partial charge in [-0.1, -0.05) is 0 Å². The molecule has 4 heteroatoms. The van der Waals surface area contributed by atoms with E-state index in [4.69, 9.17) is 10.5 Å². The molecule has 1 heterocycles. The van der Waals surface area contributed by atoms with Gasteiger partial charge in [-0.3, -0.25) is 0 Å². The molecule has 0 fully saturated rings. The minimum Gasteiger partial charge on any atom is -0.377 e. The Labute approximate surface area is 85.1 Å². The van der Waals surface area contributed by atoms with E-state index in [-0.39, 0.29) is 6.10 Å². The number of ether oxygens (including phenoxy) is 1. The van der Waals surface area contributed by atoms with E-state index in [9.17, 15) is 0 Å². The second-order valence-corrected chi connectivity index (χ2v) is 3.27. The summed E-state index contributed by atoms with van der Waals surface area (Å²) in [6.45, 7) is 6.23. The Morgan fingerprint density at radius 2 is 2.43 bits per heavy atom. The predicted octanol–water partition coefficient (Wildman–Crippen LogP) is 0.945. The molecule has 0 saturated heterocycles. The van der Waals surface area contributed by atoms with E-state index in [1.807, 2.05) is 26.2 Å². The van der Waals surface area contributed by atoms with Crippen LogP contribution in [-0.4, -0.2) is 28.8 Å². The maximum Gasteiger partial charge on any atom is 0.105 e. The van der Waals surface area contributed by atoms with Crippen LogP contribution in [0.1, 0.15) is 19.2 Å². The quantitative estimate of drug-likeness (QED) is 0.738. The van der Waals surface area contributed by atoms with Gasteiger partial charge in [0.25, 0.3) is 0 Å². The van der Waals surface area contributed by atoms with Crippen LogP contribution in [0.4, 0.5) is 0 Å². The Morgan fingerprint density at radius 3 is 2.93 bits per heavy atom. The number of nitrogens with zero attached hydrogens (tertiary/aromatic N) is 2. The molecular formula is C10H19N3O. The smallest absolute Gasteiger partial charge is 0.105 e. The van der Waals surface area contributed by atoms with Crippen LogP contribution in [0.2, 0.25) is 0 Å². The van der Waals surface area contributed by atoms with Gasteiger partial charge in [0.1, 0.15) is 5.82 Å². The summed E-state index contributed by atoms with van der Waals surface area (Å²) in [7, 11) is 0. The Kier molecular flexibility index (Phi) is 4.62. The zero-order valence-corrected chi connectivity index (χ0v) is 8.94. The van der Waals surface area contributed by atoms with Crippen LogP contribution in [0.3, 0.4) is 0 Å². The lowest BCUT2D eigenvalue weighted by atomic mass is 10.2. The highest BCUT2D eigenvalue weighted by molar-refractivity contribution is 4.88. The zero-order valence-electron chi connectivity index (χ0n) is 8.94. The molecule has 0 amide bonds. The SMILES string of the molecule is CCOC(CN)CCn1ccnc1C. The van der Waals surface area contributed by atoms with E-state index in [2.05, 4.69) is 9.55 Å². The van der Waals surface area contributed by atoms with Crippen LogP contribution in [-0.2, 0) is 11.3 Å². The van der Waals surface area contributed by atoms with Crippen molar-refractivity contribution in [2.24, 2.45) is 5.73 Å². The first-order valence-electron chi connectivity index (χ1n) is 5.07. The Morgan fingerprint density at radius 1 is 1.64 bits per heavy atom. The number of hydrogen-bond donors (Lipinski definition) is 1. The highest BCUT2D eigenvalue weighted by Gasteiger charge is 2.06. The first-order chi connectivity index (χ1) is 6.77. The minimum absolute atomic E-state index is 0.168. The molecule has 1 rings (SSSR count). The lowest BCUT2D eigenvalue weighted by Gasteiger charge is -2.15. The molecule has 0 aliphatic rings. The molecule has 1 aromatic rings. The van der Waals surface area contributed by atoms with Crippen LogP contribution in [0.15, 0.2) is 12.4 Å². The van der Waals surface area contributed by atoms with Gasteiger partial charge in [-0.25, -0.2) is 4.98 Å². The third-order valence-electron chi connectivity index (χ3n) is 2.28. The molecule has 0 bridgehead atoms. The van der Waals surface area contributed by atoms with Crippen molar-refractivity contribution in [3.63, 3.8) is 0 Å². The van der Waals surface area contributed by atoms with Crippen molar-refractivity contribution >= 4 is 0 Å². The van der Waals surface area contributed by atoms with Crippen LogP contribution in [0.25, 0.3) is 0 Å². The summed E-state index contributed by atoms with van der Waals surface area (Å²) in [6, 6.07) is 0. The topological polar surface area (TPSA) is 53.1 Å². The third kappa shape index (κ3) is 3.12. The lowest BCUT2D eigenvalue weighted by Crippen LogP contribution is -2.25. The van der Waals surface area contributed by atoms with E-state index >= 15 is 0 Å². The van der Waals surface area contributed by atoms with Crippen molar-refractivity contribution < 1.29 is 4.74 Å². The second kappa shape index (κ2) is 5.78. The maximum atomic E-state index is 5.59. The minimum atomic E-state index is 0.168. The predicted molar refractivity (Wildman–Crippen MR) is 56.0 cm³/mol. The fourth-order valence-electron chi connectivity index (χ4n) is 1.43. The highest BCUT2D eigenvalue weighted by Crippen LogP contribution is 2.02. The molecular weight excluding hydrogens is 178 g/mol. The lowest BCUT2D eigenvalue weighted by molar-refractivity contribution is 0.0598. The zero-order chi connectivity index (χ0) is 10.4. The first-order valence-corrected chi connectivity index (χ1v) is 5.07. The van der Waals surface area contributed by atoms with Gasteiger partial charge < -0.3 is 15.0 Å². The normalized spacial score (nSPS) is 13.1. The third-order valence-corrected chi connectivity index (χ3v) is 2.28. The monoisotopic (exact) mass is 197 g/mol. The molecule has 0 aromatic carbocycles. The van der Waals surface area contributed by atoms with Gasteiger partial charge in [0.15, 0.2) is 0 Å². The largest absolute Gasteiger partial charge is 0.377 e. The van der Waals surface area contributed by atoms with Crippen molar-refractivity contribution in [3.05, 3.63) is 18.2 Å². The first kappa shape index (κ1) is 11.2. The van der Waals surface area contributed by atoms with Crippen molar-refractivity contribution in [2.45, 2.75) is 32.9 Å².